The second kappa shape index (κ2) is 12.7. The Morgan fingerprint density at radius 3 is 2.60 bits per heavy atom. The van der Waals surface area contributed by atoms with E-state index < -0.39 is 5.92 Å². The lowest BCUT2D eigenvalue weighted by Gasteiger charge is -2.30. The average molecular weight is 425 g/mol. The number of likely N-dealkylation sites (tertiary alicyclic amines) is 1. The summed E-state index contributed by atoms with van der Waals surface area (Å²) >= 11 is 0. The SMILES string of the molecule is CCN(CC)CCN/N=C(\N)[C@@H]1CCCN1C(=O)[C@H](CC1CCCC1)CN(O)C=O. The minimum atomic E-state index is -0.410. The number of hydrazone groups is 1. The van der Waals surface area contributed by atoms with E-state index in [1.54, 1.807) is 4.90 Å². The molecule has 9 nitrogen and oxygen atoms in total. The summed E-state index contributed by atoms with van der Waals surface area (Å²) in [5, 5.41) is 14.6. The second-order valence-corrected chi connectivity index (χ2v) is 8.47. The Kier molecular flexibility index (Phi) is 10.4. The van der Waals surface area contributed by atoms with Gasteiger partial charge in [-0.1, -0.05) is 39.5 Å². The van der Waals surface area contributed by atoms with Crippen LogP contribution in [0.2, 0.25) is 0 Å². The molecule has 0 spiro atoms. The molecule has 1 heterocycles. The molecule has 2 atom stereocenters. The fourth-order valence-corrected chi connectivity index (χ4v) is 4.71. The zero-order valence-corrected chi connectivity index (χ0v) is 18.6. The Labute approximate surface area is 180 Å². The monoisotopic (exact) mass is 424 g/mol. The number of hydrogen-bond donors (Lipinski definition) is 3. The Morgan fingerprint density at radius 2 is 1.97 bits per heavy atom. The van der Waals surface area contributed by atoms with E-state index in [0.717, 1.165) is 45.3 Å². The summed E-state index contributed by atoms with van der Waals surface area (Å²) in [6.45, 7) is 8.49. The van der Waals surface area contributed by atoms with E-state index in [0.29, 0.717) is 42.7 Å². The molecule has 4 N–H and O–H groups in total. The zero-order chi connectivity index (χ0) is 21.9. The molecule has 172 valence electrons. The van der Waals surface area contributed by atoms with Crippen LogP contribution in [0, 0.1) is 11.8 Å². The third-order valence-electron chi connectivity index (χ3n) is 6.49. The summed E-state index contributed by atoms with van der Waals surface area (Å²) in [4.78, 5) is 28.4. The van der Waals surface area contributed by atoms with Gasteiger partial charge in [-0.3, -0.25) is 14.8 Å². The van der Waals surface area contributed by atoms with Gasteiger partial charge in [-0.05, 0) is 38.3 Å². The largest absolute Gasteiger partial charge is 0.384 e. The van der Waals surface area contributed by atoms with Crippen molar-refractivity contribution >= 4 is 18.2 Å². The Morgan fingerprint density at radius 1 is 1.27 bits per heavy atom. The molecule has 2 aliphatic rings. The molecule has 0 radical (unpaired) electrons. The van der Waals surface area contributed by atoms with Crippen LogP contribution < -0.4 is 11.2 Å². The van der Waals surface area contributed by atoms with Gasteiger partial charge in [0.1, 0.15) is 5.84 Å². The summed E-state index contributed by atoms with van der Waals surface area (Å²) in [7, 11) is 0. The van der Waals surface area contributed by atoms with E-state index in [2.05, 4.69) is 29.3 Å². The maximum absolute atomic E-state index is 13.3. The van der Waals surface area contributed by atoms with Gasteiger partial charge in [0, 0.05) is 19.6 Å². The summed E-state index contributed by atoms with van der Waals surface area (Å²) < 4.78 is 0. The molecule has 0 aromatic rings. The van der Waals surface area contributed by atoms with Gasteiger partial charge in [0.25, 0.3) is 0 Å². The highest BCUT2D eigenvalue weighted by Crippen LogP contribution is 2.32. The van der Waals surface area contributed by atoms with Crippen LogP contribution >= 0.6 is 0 Å². The number of carbonyl (C=O) groups is 2. The average Bonchev–Trinajstić information content (AvgIpc) is 3.44. The molecule has 1 saturated heterocycles. The van der Waals surface area contributed by atoms with Crippen LogP contribution in [-0.2, 0) is 9.59 Å². The highest BCUT2D eigenvalue weighted by atomic mass is 16.5. The fraction of sp³-hybridized carbons (Fsp3) is 0.857. The number of nitrogens with zero attached hydrogens (tertiary/aromatic N) is 4. The number of likely N-dealkylation sites (N-methyl/N-ethyl adjacent to an activating group) is 1. The molecule has 2 fully saturated rings. The van der Waals surface area contributed by atoms with Gasteiger partial charge in [0.15, 0.2) is 0 Å². The van der Waals surface area contributed by atoms with Crippen LogP contribution in [0.25, 0.3) is 0 Å². The van der Waals surface area contributed by atoms with Crippen molar-refractivity contribution in [1.29, 1.82) is 0 Å². The van der Waals surface area contributed by atoms with Crippen LogP contribution in [-0.4, -0.2) is 83.5 Å². The predicted octanol–water partition coefficient (Wildman–Crippen LogP) is 1.23. The van der Waals surface area contributed by atoms with Crippen molar-refractivity contribution in [2.75, 3.05) is 39.3 Å². The number of hydroxylamine groups is 2. The highest BCUT2D eigenvalue weighted by molar-refractivity contribution is 5.91. The smallest absolute Gasteiger partial charge is 0.233 e. The van der Waals surface area contributed by atoms with Crippen LogP contribution in [0.5, 0.6) is 0 Å². The van der Waals surface area contributed by atoms with Crippen molar-refractivity contribution in [3.63, 3.8) is 0 Å². The lowest BCUT2D eigenvalue weighted by Crippen LogP contribution is -2.48. The van der Waals surface area contributed by atoms with Crippen LogP contribution in [0.4, 0.5) is 0 Å². The third kappa shape index (κ3) is 7.12. The molecule has 1 aliphatic heterocycles. The molecule has 0 aromatic carbocycles. The molecule has 30 heavy (non-hydrogen) atoms. The highest BCUT2D eigenvalue weighted by Gasteiger charge is 2.37. The van der Waals surface area contributed by atoms with Crippen molar-refractivity contribution in [3.05, 3.63) is 0 Å². The summed E-state index contributed by atoms with van der Waals surface area (Å²) in [5.41, 5.74) is 9.28. The Hall–Kier alpha value is -1.87. The summed E-state index contributed by atoms with van der Waals surface area (Å²) in [5.74, 6) is 0.461. The predicted molar refractivity (Wildman–Crippen MR) is 117 cm³/mol. The van der Waals surface area contributed by atoms with Gasteiger partial charge >= 0.3 is 0 Å². The van der Waals surface area contributed by atoms with Gasteiger partial charge in [0.2, 0.25) is 12.3 Å². The number of carbonyl (C=O) groups excluding carboxylic acids is 2. The number of nitrogens with two attached hydrogens (primary N) is 1. The van der Waals surface area contributed by atoms with Gasteiger partial charge < -0.3 is 21.0 Å². The molecular weight excluding hydrogens is 384 g/mol. The molecule has 1 aliphatic carbocycles. The number of nitrogens with one attached hydrogen (secondary N) is 1. The van der Waals surface area contributed by atoms with E-state index in [-0.39, 0.29) is 18.5 Å². The maximum Gasteiger partial charge on any atom is 0.233 e. The fourth-order valence-electron chi connectivity index (χ4n) is 4.71. The molecule has 2 amide bonds. The first kappa shape index (κ1) is 24.4. The first-order valence-corrected chi connectivity index (χ1v) is 11.5. The minimum absolute atomic E-state index is 0.0290. The number of amides is 2. The number of amidine groups is 1. The van der Waals surface area contributed by atoms with Gasteiger partial charge in [-0.25, -0.2) is 5.06 Å². The van der Waals surface area contributed by atoms with Crippen molar-refractivity contribution in [1.82, 2.24) is 20.3 Å². The van der Waals surface area contributed by atoms with Crippen molar-refractivity contribution in [2.24, 2.45) is 22.7 Å². The van der Waals surface area contributed by atoms with E-state index in [1.807, 2.05) is 0 Å². The van der Waals surface area contributed by atoms with Gasteiger partial charge in [0.05, 0.1) is 18.5 Å². The summed E-state index contributed by atoms with van der Waals surface area (Å²) in [6.07, 6.45) is 7.32. The van der Waals surface area contributed by atoms with E-state index >= 15 is 0 Å². The maximum atomic E-state index is 13.3. The molecule has 0 unspecified atom stereocenters. The first-order chi connectivity index (χ1) is 14.5. The summed E-state index contributed by atoms with van der Waals surface area (Å²) in [6, 6.07) is -0.229. The molecule has 9 heteroatoms. The van der Waals surface area contributed by atoms with E-state index in [9.17, 15) is 14.8 Å². The van der Waals surface area contributed by atoms with Gasteiger partial charge in [-0.2, -0.15) is 5.10 Å². The molecule has 2 rings (SSSR count). The van der Waals surface area contributed by atoms with Crippen LogP contribution in [0.1, 0.15) is 58.8 Å². The molecule has 0 aromatic heterocycles. The quantitative estimate of drug-likeness (QED) is 0.102. The lowest BCUT2D eigenvalue weighted by molar-refractivity contribution is -0.157. The normalized spacial score (nSPS) is 21.3. The number of rotatable bonds is 13. The molecule has 0 bridgehead atoms. The lowest BCUT2D eigenvalue weighted by atomic mass is 9.91. The van der Waals surface area contributed by atoms with Gasteiger partial charge in [-0.15, -0.1) is 0 Å². The van der Waals surface area contributed by atoms with E-state index in [1.165, 1.54) is 12.8 Å². The number of hydrogen-bond acceptors (Lipinski definition) is 6. The van der Waals surface area contributed by atoms with Crippen molar-refractivity contribution < 1.29 is 14.8 Å². The second-order valence-electron chi connectivity index (χ2n) is 8.47. The molecule has 1 saturated carbocycles. The zero-order valence-electron chi connectivity index (χ0n) is 18.6. The van der Waals surface area contributed by atoms with E-state index in [4.69, 9.17) is 5.73 Å². The third-order valence-corrected chi connectivity index (χ3v) is 6.49. The van der Waals surface area contributed by atoms with Crippen molar-refractivity contribution in [2.45, 2.75) is 64.8 Å². The first-order valence-electron chi connectivity index (χ1n) is 11.5. The minimum Gasteiger partial charge on any atom is -0.384 e. The Balaban J connectivity index is 1.97. The van der Waals surface area contributed by atoms with Crippen LogP contribution in [0.3, 0.4) is 0 Å². The molecular formula is C21H40N6O3. The Bertz CT molecular complexity index is 563. The topological polar surface area (TPSA) is 114 Å². The van der Waals surface area contributed by atoms with Crippen LogP contribution in [0.15, 0.2) is 5.10 Å². The van der Waals surface area contributed by atoms with Crippen molar-refractivity contribution in [3.8, 4) is 0 Å². The standard InChI is InChI=1S/C21H40N6O3/c1-3-25(4-2)13-11-23-24-20(22)19-10-7-12-27(19)21(29)18(15-26(30)16-28)14-17-8-5-6-9-17/h16-19,23,30H,3-15H2,1-2H3,(H2,22,24)/t18-,19+/m1/s1.